The molecule has 0 saturated carbocycles. The van der Waals surface area contributed by atoms with E-state index in [9.17, 15) is 14.4 Å². The lowest BCUT2D eigenvalue weighted by molar-refractivity contribution is -0.147. The number of carbonyl (C=O) groups is 1. The topological polar surface area (TPSA) is 128 Å². The normalized spacial score (nSPS) is 12.7. The van der Waals surface area contributed by atoms with Gasteiger partial charge in [-0.1, -0.05) is 0 Å². The second-order valence-electron chi connectivity index (χ2n) is 2.32. The molecule has 13 heavy (non-hydrogen) atoms. The van der Waals surface area contributed by atoms with Crippen LogP contribution in [0.5, 0.6) is 0 Å². The Bertz CT molecular complexity index is 385. The Balaban J connectivity index is 2.92. The van der Waals surface area contributed by atoms with Crippen LogP contribution in [0.3, 0.4) is 0 Å². The van der Waals surface area contributed by atoms with Crippen molar-refractivity contribution in [1.82, 2.24) is 14.8 Å². The zero-order valence-corrected chi connectivity index (χ0v) is 6.35. The number of carboxylic acids is 1. The Hall–Kier alpha value is -1.83. The first-order valence-corrected chi connectivity index (χ1v) is 3.30. The maximum atomic E-state index is 10.8. The van der Waals surface area contributed by atoms with E-state index in [1.807, 2.05) is 10.2 Å². The third kappa shape index (κ3) is 1.85. The van der Waals surface area contributed by atoms with Gasteiger partial charge in [0.15, 0.2) is 6.10 Å². The molecule has 72 valence electrons. The Morgan fingerprint density at radius 1 is 1.38 bits per heavy atom. The summed E-state index contributed by atoms with van der Waals surface area (Å²) in [4.78, 5) is 31.7. The molecular weight excluding hydrogens is 182 g/mol. The highest BCUT2D eigenvalue weighted by Gasteiger charge is 2.16. The van der Waals surface area contributed by atoms with Crippen LogP contribution >= 0.6 is 0 Å². The summed E-state index contributed by atoms with van der Waals surface area (Å²) in [5, 5.41) is 21.0. The van der Waals surface area contributed by atoms with Crippen molar-refractivity contribution in [1.29, 1.82) is 0 Å². The summed E-state index contributed by atoms with van der Waals surface area (Å²) in [5.41, 5.74) is -1.57. The molecule has 8 nitrogen and oxygen atoms in total. The van der Waals surface area contributed by atoms with Crippen molar-refractivity contribution in [2.24, 2.45) is 0 Å². The highest BCUT2D eigenvalue weighted by Crippen LogP contribution is 1.84. The lowest BCUT2D eigenvalue weighted by Crippen LogP contribution is -2.35. The van der Waals surface area contributed by atoms with Crippen molar-refractivity contribution < 1.29 is 15.0 Å². The molecule has 0 fully saturated rings. The molecule has 0 bridgehead atoms. The van der Waals surface area contributed by atoms with Gasteiger partial charge in [0.05, 0.1) is 6.54 Å². The number of nitrogens with one attached hydrogen (secondary N) is 2. The van der Waals surface area contributed by atoms with Gasteiger partial charge in [0, 0.05) is 0 Å². The molecule has 4 N–H and O–H groups in total. The van der Waals surface area contributed by atoms with Crippen LogP contribution < -0.4 is 11.4 Å². The highest BCUT2D eigenvalue weighted by atomic mass is 16.4. The van der Waals surface area contributed by atoms with Crippen LogP contribution in [0, 0.1) is 0 Å². The lowest BCUT2D eigenvalue weighted by Gasteiger charge is -2.02. The van der Waals surface area contributed by atoms with Gasteiger partial charge >= 0.3 is 17.3 Å². The summed E-state index contributed by atoms with van der Waals surface area (Å²) < 4.78 is 0.554. The van der Waals surface area contributed by atoms with Crippen molar-refractivity contribution in [3.05, 3.63) is 21.0 Å². The van der Waals surface area contributed by atoms with E-state index in [4.69, 9.17) is 10.2 Å². The minimum atomic E-state index is -1.77. The summed E-state index contributed by atoms with van der Waals surface area (Å²) in [5.74, 6) is -1.49. The maximum absolute atomic E-state index is 10.8. The molecular formula is C5H7N3O5. The fraction of sp³-hybridized carbons (Fsp3) is 0.400. The molecule has 0 aromatic carbocycles. The molecule has 1 aromatic rings. The fourth-order valence-electron chi connectivity index (χ4n) is 0.751. The molecule has 8 heteroatoms. The molecule has 0 amide bonds. The number of aliphatic hydroxyl groups excluding tert-OH is 1. The zero-order valence-electron chi connectivity index (χ0n) is 6.35. The van der Waals surface area contributed by atoms with Gasteiger partial charge in [-0.05, 0) is 0 Å². The third-order valence-corrected chi connectivity index (χ3v) is 1.41. The van der Waals surface area contributed by atoms with E-state index in [1.54, 1.807) is 0 Å². The summed E-state index contributed by atoms with van der Waals surface area (Å²) in [7, 11) is 0. The number of nitrogens with zero attached hydrogens (tertiary/aromatic N) is 1. The maximum Gasteiger partial charge on any atom is 0.344 e. The average molecular weight is 189 g/mol. The van der Waals surface area contributed by atoms with E-state index >= 15 is 0 Å². The predicted molar refractivity (Wildman–Crippen MR) is 39.3 cm³/mol. The Morgan fingerprint density at radius 2 is 1.85 bits per heavy atom. The molecule has 0 radical (unpaired) electrons. The molecule has 0 saturated heterocycles. The first kappa shape index (κ1) is 9.26. The van der Waals surface area contributed by atoms with Gasteiger partial charge in [-0.3, -0.25) is 0 Å². The summed E-state index contributed by atoms with van der Waals surface area (Å²) in [6.07, 6.45) is -1.77. The lowest BCUT2D eigenvalue weighted by atomic mass is 10.3. The van der Waals surface area contributed by atoms with Gasteiger partial charge in [0.1, 0.15) is 0 Å². The Labute approximate surface area is 70.4 Å². The van der Waals surface area contributed by atoms with Crippen LogP contribution in [-0.4, -0.2) is 37.1 Å². The number of hydrogen-bond donors (Lipinski definition) is 4. The van der Waals surface area contributed by atoms with Gasteiger partial charge in [0.25, 0.3) is 0 Å². The fourth-order valence-corrected chi connectivity index (χ4v) is 0.751. The van der Waals surface area contributed by atoms with E-state index in [-0.39, 0.29) is 0 Å². The van der Waals surface area contributed by atoms with Gasteiger partial charge < -0.3 is 10.2 Å². The molecule has 1 rings (SSSR count). The van der Waals surface area contributed by atoms with Crippen LogP contribution in [0.25, 0.3) is 0 Å². The standard InChI is InChI=1S/C5H7N3O5/c9-2(3(10)11)1-8-4(12)6-7-5(8)13/h2,9H,1H2,(H,6,12)(H,7,13)(H,10,11). The minimum Gasteiger partial charge on any atom is -0.479 e. The van der Waals surface area contributed by atoms with Crippen LogP contribution in [0.1, 0.15) is 0 Å². The molecule has 0 aliphatic carbocycles. The van der Waals surface area contributed by atoms with Gasteiger partial charge in [0.2, 0.25) is 0 Å². The summed E-state index contributed by atoms with van der Waals surface area (Å²) >= 11 is 0. The summed E-state index contributed by atoms with van der Waals surface area (Å²) in [6.45, 7) is -0.576. The van der Waals surface area contributed by atoms with Crippen molar-refractivity contribution >= 4 is 5.97 Å². The smallest absolute Gasteiger partial charge is 0.344 e. The first-order chi connectivity index (χ1) is 6.02. The molecule has 1 aromatic heterocycles. The van der Waals surface area contributed by atoms with E-state index in [0.29, 0.717) is 4.57 Å². The van der Waals surface area contributed by atoms with E-state index < -0.39 is 30.0 Å². The van der Waals surface area contributed by atoms with Crippen LogP contribution in [-0.2, 0) is 11.3 Å². The van der Waals surface area contributed by atoms with Crippen LogP contribution in [0.2, 0.25) is 0 Å². The SMILES string of the molecule is O=C(O)C(O)Cn1c(=O)[nH][nH]c1=O. The quantitative estimate of drug-likeness (QED) is 0.411. The molecule has 1 atom stereocenters. The number of rotatable bonds is 3. The van der Waals surface area contributed by atoms with Gasteiger partial charge in [-0.25, -0.2) is 29.1 Å². The zero-order chi connectivity index (χ0) is 10.0. The predicted octanol–water partition coefficient (Wildman–Crippen LogP) is -2.69. The van der Waals surface area contributed by atoms with Crippen molar-refractivity contribution in [2.75, 3.05) is 0 Å². The van der Waals surface area contributed by atoms with E-state index in [0.717, 1.165) is 0 Å². The van der Waals surface area contributed by atoms with Gasteiger partial charge in [-0.15, -0.1) is 0 Å². The van der Waals surface area contributed by atoms with E-state index in [1.165, 1.54) is 0 Å². The Kier molecular flexibility index (Phi) is 2.33. The molecule has 1 unspecified atom stereocenters. The largest absolute Gasteiger partial charge is 0.479 e. The van der Waals surface area contributed by atoms with Crippen molar-refractivity contribution in [3.8, 4) is 0 Å². The number of aromatic amines is 2. The number of H-pyrrole nitrogens is 2. The summed E-state index contributed by atoms with van der Waals surface area (Å²) in [6, 6.07) is 0. The highest BCUT2D eigenvalue weighted by molar-refractivity contribution is 5.71. The van der Waals surface area contributed by atoms with E-state index in [2.05, 4.69) is 0 Å². The van der Waals surface area contributed by atoms with Gasteiger partial charge in [-0.2, -0.15) is 0 Å². The van der Waals surface area contributed by atoms with Crippen LogP contribution in [0.15, 0.2) is 9.59 Å². The number of carboxylic acid groups (broad SMARTS) is 1. The number of hydrogen-bond acceptors (Lipinski definition) is 4. The molecule has 0 spiro atoms. The second kappa shape index (κ2) is 3.27. The molecule has 1 heterocycles. The van der Waals surface area contributed by atoms with Crippen LogP contribution in [0.4, 0.5) is 0 Å². The monoisotopic (exact) mass is 189 g/mol. The third-order valence-electron chi connectivity index (χ3n) is 1.41. The van der Waals surface area contributed by atoms with Crippen molar-refractivity contribution in [2.45, 2.75) is 12.6 Å². The molecule has 0 aliphatic rings. The number of aromatic nitrogens is 3. The number of aliphatic carboxylic acids is 1. The Morgan fingerprint density at radius 3 is 2.23 bits per heavy atom. The minimum absolute atomic E-state index is 0.554. The number of aliphatic hydroxyl groups is 1. The molecule has 0 aliphatic heterocycles. The van der Waals surface area contributed by atoms with Crippen molar-refractivity contribution in [3.63, 3.8) is 0 Å². The average Bonchev–Trinajstić information content (AvgIpc) is 2.35. The second-order valence-corrected chi connectivity index (χ2v) is 2.32. The first-order valence-electron chi connectivity index (χ1n) is 3.30.